The predicted octanol–water partition coefficient (Wildman–Crippen LogP) is 0.825. The first-order valence-corrected chi connectivity index (χ1v) is 5.70. The molecule has 16 heavy (non-hydrogen) atoms. The molecule has 5 nitrogen and oxygen atoms in total. The lowest BCUT2D eigenvalue weighted by Crippen LogP contribution is -2.48. The Balaban J connectivity index is 0.000000673. The number of aliphatic hydroxyl groups is 1. The number of amides is 1. The van der Waals surface area contributed by atoms with Gasteiger partial charge in [0.1, 0.15) is 5.60 Å². The van der Waals surface area contributed by atoms with Crippen molar-refractivity contribution in [2.24, 2.45) is 0 Å². The molecule has 0 spiro atoms. The standard InChI is InChI=1S/C9H18N2O2.C2H6O/c1-9(2,3)13-8(12)11-6-4-10-5-7-11;1-2-3/h10H,4-7H2,1-3H3;3H,2H2,1H3. The molecular formula is C11H24N2O3. The Bertz CT molecular complexity index is 196. The molecule has 2 N–H and O–H groups in total. The zero-order valence-electron chi connectivity index (χ0n) is 10.7. The van der Waals surface area contributed by atoms with Gasteiger partial charge in [-0.3, -0.25) is 0 Å². The zero-order chi connectivity index (χ0) is 12.6. The summed E-state index contributed by atoms with van der Waals surface area (Å²) in [7, 11) is 0. The van der Waals surface area contributed by atoms with Gasteiger partial charge in [0.25, 0.3) is 0 Å². The highest BCUT2D eigenvalue weighted by Gasteiger charge is 2.22. The molecule has 96 valence electrons. The molecule has 0 aromatic carbocycles. The summed E-state index contributed by atoms with van der Waals surface area (Å²) >= 11 is 0. The predicted molar refractivity (Wildman–Crippen MR) is 63.4 cm³/mol. The van der Waals surface area contributed by atoms with Gasteiger partial charge in [-0.25, -0.2) is 4.79 Å². The lowest BCUT2D eigenvalue weighted by molar-refractivity contribution is 0.0229. The fourth-order valence-corrected chi connectivity index (χ4v) is 1.17. The topological polar surface area (TPSA) is 61.8 Å². The third-order valence-corrected chi connectivity index (χ3v) is 1.77. The van der Waals surface area contributed by atoms with E-state index < -0.39 is 0 Å². The van der Waals surface area contributed by atoms with E-state index in [-0.39, 0.29) is 18.3 Å². The lowest BCUT2D eigenvalue weighted by atomic mass is 10.2. The summed E-state index contributed by atoms with van der Waals surface area (Å²) in [4.78, 5) is 13.2. The number of ether oxygens (including phenoxy) is 1. The van der Waals surface area contributed by atoms with E-state index >= 15 is 0 Å². The Labute approximate surface area is 97.8 Å². The molecule has 1 fully saturated rings. The maximum absolute atomic E-state index is 11.5. The van der Waals surface area contributed by atoms with Gasteiger partial charge in [0.05, 0.1) is 0 Å². The van der Waals surface area contributed by atoms with Gasteiger partial charge in [-0.2, -0.15) is 0 Å². The van der Waals surface area contributed by atoms with Gasteiger partial charge >= 0.3 is 6.09 Å². The Kier molecular flexibility index (Phi) is 7.08. The summed E-state index contributed by atoms with van der Waals surface area (Å²) in [5, 5.41) is 10.8. The summed E-state index contributed by atoms with van der Waals surface area (Å²) in [5.41, 5.74) is -0.387. The number of aliphatic hydroxyl groups excluding tert-OH is 1. The SMILES string of the molecule is CC(C)(C)OC(=O)N1CCNCC1.CCO. The van der Waals surface area contributed by atoms with Crippen LogP contribution in [-0.2, 0) is 4.74 Å². The fraction of sp³-hybridized carbons (Fsp3) is 0.909. The maximum Gasteiger partial charge on any atom is 0.410 e. The van der Waals surface area contributed by atoms with E-state index in [1.807, 2.05) is 20.8 Å². The summed E-state index contributed by atoms with van der Waals surface area (Å²) < 4.78 is 5.24. The zero-order valence-corrected chi connectivity index (χ0v) is 10.7. The van der Waals surface area contributed by atoms with E-state index in [1.165, 1.54) is 0 Å². The molecule has 0 aromatic heterocycles. The fourth-order valence-electron chi connectivity index (χ4n) is 1.17. The molecule has 0 saturated carbocycles. The number of nitrogens with one attached hydrogen (secondary N) is 1. The molecule has 1 rings (SSSR count). The van der Waals surface area contributed by atoms with E-state index in [9.17, 15) is 4.79 Å². The number of rotatable bonds is 0. The van der Waals surface area contributed by atoms with Crippen LogP contribution >= 0.6 is 0 Å². The number of piperazine rings is 1. The summed E-state index contributed by atoms with van der Waals surface area (Å²) in [6.07, 6.45) is -0.200. The van der Waals surface area contributed by atoms with E-state index in [1.54, 1.807) is 11.8 Å². The Morgan fingerprint density at radius 2 is 1.81 bits per heavy atom. The van der Waals surface area contributed by atoms with Gasteiger partial charge in [-0.15, -0.1) is 0 Å². The number of carbonyl (C=O) groups excluding carboxylic acids is 1. The van der Waals surface area contributed by atoms with Crippen molar-refractivity contribution in [1.29, 1.82) is 0 Å². The van der Waals surface area contributed by atoms with Crippen LogP contribution in [0.2, 0.25) is 0 Å². The molecule has 1 saturated heterocycles. The van der Waals surface area contributed by atoms with E-state index in [4.69, 9.17) is 9.84 Å². The van der Waals surface area contributed by atoms with Crippen molar-refractivity contribution in [1.82, 2.24) is 10.2 Å². The second kappa shape index (κ2) is 7.46. The van der Waals surface area contributed by atoms with Crippen LogP contribution in [0.1, 0.15) is 27.7 Å². The van der Waals surface area contributed by atoms with Crippen molar-refractivity contribution in [3.05, 3.63) is 0 Å². The Morgan fingerprint density at radius 1 is 1.38 bits per heavy atom. The molecule has 0 radical (unpaired) electrons. The third kappa shape index (κ3) is 7.48. The lowest BCUT2D eigenvalue weighted by Gasteiger charge is -2.30. The summed E-state index contributed by atoms with van der Waals surface area (Å²) in [5.74, 6) is 0. The van der Waals surface area contributed by atoms with Crippen LogP contribution in [0.5, 0.6) is 0 Å². The summed E-state index contributed by atoms with van der Waals surface area (Å²) in [6, 6.07) is 0. The van der Waals surface area contributed by atoms with Crippen LogP contribution in [0, 0.1) is 0 Å². The Hall–Kier alpha value is -0.810. The van der Waals surface area contributed by atoms with Crippen molar-refractivity contribution in [2.75, 3.05) is 32.8 Å². The monoisotopic (exact) mass is 232 g/mol. The molecule has 0 unspecified atom stereocenters. The van der Waals surface area contributed by atoms with Gasteiger partial charge in [-0.05, 0) is 27.7 Å². The second-order valence-corrected chi connectivity index (χ2v) is 4.53. The molecule has 0 aliphatic carbocycles. The summed E-state index contributed by atoms with van der Waals surface area (Å²) in [6.45, 7) is 10.8. The highest BCUT2D eigenvalue weighted by atomic mass is 16.6. The molecule has 0 atom stereocenters. The van der Waals surface area contributed by atoms with Crippen molar-refractivity contribution in [3.63, 3.8) is 0 Å². The third-order valence-electron chi connectivity index (χ3n) is 1.77. The normalized spacial score (nSPS) is 16.2. The first-order chi connectivity index (χ1) is 7.40. The number of hydrogen-bond donors (Lipinski definition) is 2. The highest BCUT2D eigenvalue weighted by molar-refractivity contribution is 5.68. The average molecular weight is 232 g/mol. The molecule has 1 heterocycles. The molecule has 1 aliphatic rings. The smallest absolute Gasteiger partial charge is 0.410 e. The van der Waals surface area contributed by atoms with Crippen LogP contribution in [0.25, 0.3) is 0 Å². The van der Waals surface area contributed by atoms with Crippen LogP contribution in [0.15, 0.2) is 0 Å². The molecule has 5 heteroatoms. The van der Waals surface area contributed by atoms with Crippen molar-refractivity contribution in [2.45, 2.75) is 33.3 Å². The number of carbonyl (C=O) groups is 1. The minimum atomic E-state index is -0.387. The largest absolute Gasteiger partial charge is 0.444 e. The minimum Gasteiger partial charge on any atom is -0.444 e. The van der Waals surface area contributed by atoms with Gasteiger partial charge in [0.2, 0.25) is 0 Å². The molecular weight excluding hydrogens is 208 g/mol. The van der Waals surface area contributed by atoms with Gasteiger partial charge < -0.3 is 20.1 Å². The van der Waals surface area contributed by atoms with Crippen molar-refractivity contribution in [3.8, 4) is 0 Å². The van der Waals surface area contributed by atoms with Crippen molar-refractivity contribution >= 4 is 6.09 Å². The molecule has 0 aromatic rings. The Morgan fingerprint density at radius 3 is 2.19 bits per heavy atom. The molecule has 0 bridgehead atoms. The van der Waals surface area contributed by atoms with Gasteiger partial charge in [0.15, 0.2) is 0 Å². The number of nitrogens with zero attached hydrogens (tertiary/aromatic N) is 1. The van der Waals surface area contributed by atoms with Crippen molar-refractivity contribution < 1.29 is 14.6 Å². The molecule has 1 amide bonds. The van der Waals surface area contributed by atoms with E-state index in [0.29, 0.717) is 0 Å². The first-order valence-electron chi connectivity index (χ1n) is 5.70. The van der Waals surface area contributed by atoms with Crippen LogP contribution in [-0.4, -0.2) is 54.5 Å². The van der Waals surface area contributed by atoms with E-state index in [2.05, 4.69) is 5.32 Å². The maximum atomic E-state index is 11.5. The first kappa shape index (κ1) is 15.2. The van der Waals surface area contributed by atoms with Crippen LogP contribution in [0.3, 0.4) is 0 Å². The molecule has 1 aliphatic heterocycles. The highest BCUT2D eigenvalue weighted by Crippen LogP contribution is 2.09. The number of hydrogen-bond acceptors (Lipinski definition) is 4. The minimum absolute atomic E-state index is 0.200. The second-order valence-electron chi connectivity index (χ2n) is 4.53. The van der Waals surface area contributed by atoms with Crippen LogP contribution in [0.4, 0.5) is 4.79 Å². The van der Waals surface area contributed by atoms with Gasteiger partial charge in [-0.1, -0.05) is 0 Å². The quantitative estimate of drug-likeness (QED) is 0.649. The van der Waals surface area contributed by atoms with Gasteiger partial charge in [0, 0.05) is 32.8 Å². The average Bonchev–Trinajstić information content (AvgIpc) is 2.18. The van der Waals surface area contributed by atoms with Crippen LogP contribution < -0.4 is 5.32 Å². The van der Waals surface area contributed by atoms with E-state index in [0.717, 1.165) is 26.2 Å².